The number of nitrogens with zero attached hydrogens (tertiary/aromatic N) is 1. The molecule has 0 aliphatic carbocycles. The van der Waals surface area contributed by atoms with Gasteiger partial charge in [-0.15, -0.1) is 0 Å². The summed E-state index contributed by atoms with van der Waals surface area (Å²) in [6.45, 7) is 3.78. The highest BCUT2D eigenvalue weighted by Crippen LogP contribution is 2.13. The number of hydrogen-bond acceptors (Lipinski definition) is 8. The molecule has 1 aromatic heterocycles. The third kappa shape index (κ3) is 14.9. The van der Waals surface area contributed by atoms with E-state index in [0.717, 1.165) is 12.8 Å². The van der Waals surface area contributed by atoms with E-state index in [2.05, 4.69) is 17.2 Å². The van der Waals surface area contributed by atoms with Crippen LogP contribution >= 0.6 is 11.3 Å². The fraction of sp³-hybridized carbons (Fsp3) is 0.522. The molecule has 9 nitrogen and oxygen atoms in total. The van der Waals surface area contributed by atoms with Crippen LogP contribution in [0.3, 0.4) is 0 Å². The lowest BCUT2D eigenvalue weighted by atomic mass is 10.1. The molecule has 0 saturated heterocycles. The number of nitrogens with two attached hydrogens (primary N) is 2. The first-order valence-electron chi connectivity index (χ1n) is 11.1. The Kier molecular flexibility index (Phi) is 15.3. The van der Waals surface area contributed by atoms with Crippen molar-refractivity contribution in [2.24, 2.45) is 11.5 Å². The average molecular weight is 481 g/mol. The number of thiazole rings is 1. The Balaban J connectivity index is 0.000000461. The van der Waals surface area contributed by atoms with Crippen molar-refractivity contribution in [1.82, 2.24) is 10.3 Å². The summed E-state index contributed by atoms with van der Waals surface area (Å²) in [6, 6.07) is 6.61. The van der Waals surface area contributed by atoms with Gasteiger partial charge in [-0.3, -0.25) is 9.59 Å². The molecule has 0 radical (unpaired) electrons. The van der Waals surface area contributed by atoms with Crippen molar-refractivity contribution in [3.05, 3.63) is 41.4 Å². The van der Waals surface area contributed by atoms with Crippen LogP contribution in [0, 0.1) is 0 Å². The molecule has 184 valence electrons. The Morgan fingerprint density at radius 3 is 2.45 bits per heavy atom. The number of aliphatic hydroxyl groups excluding tert-OH is 1. The van der Waals surface area contributed by atoms with Gasteiger partial charge in [0.15, 0.2) is 0 Å². The number of rotatable bonds is 16. The first kappa shape index (κ1) is 28.3. The molecule has 0 spiro atoms. The Bertz CT molecular complexity index is 772. The van der Waals surface area contributed by atoms with Crippen molar-refractivity contribution in [1.29, 1.82) is 0 Å². The zero-order valence-corrected chi connectivity index (χ0v) is 20.0. The molecule has 2 rings (SSSR count). The molecule has 2 aromatic rings. The number of carbonyl (C=O) groups is 2. The van der Waals surface area contributed by atoms with Gasteiger partial charge in [-0.2, -0.15) is 0 Å². The lowest BCUT2D eigenvalue weighted by molar-refractivity contribution is -0.118. The van der Waals surface area contributed by atoms with Gasteiger partial charge < -0.3 is 31.4 Å². The van der Waals surface area contributed by atoms with Crippen LogP contribution in [0.4, 0.5) is 0 Å². The molecule has 33 heavy (non-hydrogen) atoms. The maximum atomic E-state index is 10.9. The van der Waals surface area contributed by atoms with E-state index in [0.29, 0.717) is 42.6 Å². The number of aliphatic hydroxyl groups is 1. The Hall–Kier alpha value is -2.69. The fourth-order valence-corrected chi connectivity index (χ4v) is 3.13. The summed E-state index contributed by atoms with van der Waals surface area (Å²) in [4.78, 5) is 25.2. The largest absolute Gasteiger partial charge is 0.492 e. The van der Waals surface area contributed by atoms with Crippen LogP contribution in [0.5, 0.6) is 10.9 Å². The summed E-state index contributed by atoms with van der Waals surface area (Å²) < 4.78 is 10.8. The van der Waals surface area contributed by atoms with E-state index in [-0.39, 0.29) is 12.5 Å². The van der Waals surface area contributed by atoms with Crippen LogP contribution in [-0.4, -0.2) is 54.3 Å². The summed E-state index contributed by atoms with van der Waals surface area (Å²) in [5.74, 6) is 0.0214. The minimum absolute atomic E-state index is 0.170. The minimum Gasteiger partial charge on any atom is -0.492 e. The second-order valence-electron chi connectivity index (χ2n) is 7.33. The highest BCUT2D eigenvalue weighted by molar-refractivity contribution is 7.11. The van der Waals surface area contributed by atoms with E-state index in [1.54, 1.807) is 30.5 Å². The van der Waals surface area contributed by atoms with Gasteiger partial charge in [0, 0.05) is 36.7 Å². The van der Waals surface area contributed by atoms with Gasteiger partial charge in [-0.1, -0.05) is 43.9 Å². The van der Waals surface area contributed by atoms with Crippen LogP contribution in [0.2, 0.25) is 0 Å². The summed E-state index contributed by atoms with van der Waals surface area (Å²) in [5, 5.41) is 15.2. The number of aromatic nitrogens is 1. The van der Waals surface area contributed by atoms with Crippen molar-refractivity contribution in [2.75, 3.05) is 26.3 Å². The highest BCUT2D eigenvalue weighted by atomic mass is 32.1. The summed E-state index contributed by atoms with van der Waals surface area (Å²) in [5.41, 5.74) is 10.6. The molecular weight excluding hydrogens is 444 g/mol. The van der Waals surface area contributed by atoms with Gasteiger partial charge in [-0.05, 0) is 30.7 Å². The molecular formula is C23H36N4O5S. The maximum absolute atomic E-state index is 10.9. The predicted molar refractivity (Wildman–Crippen MR) is 130 cm³/mol. The van der Waals surface area contributed by atoms with Gasteiger partial charge in [-0.25, -0.2) is 4.98 Å². The normalized spacial score (nSPS) is 11.2. The van der Waals surface area contributed by atoms with Gasteiger partial charge in [0.1, 0.15) is 25.1 Å². The van der Waals surface area contributed by atoms with E-state index >= 15 is 0 Å². The molecule has 2 amide bonds. The minimum atomic E-state index is -0.617. The number of carbonyl (C=O) groups excluding carboxylic acids is 2. The number of unbranched alkanes of at least 4 members (excludes halogenated alkanes) is 4. The molecule has 1 unspecified atom stereocenters. The Morgan fingerprint density at radius 2 is 1.85 bits per heavy atom. The van der Waals surface area contributed by atoms with Gasteiger partial charge >= 0.3 is 0 Å². The first-order chi connectivity index (χ1) is 15.9. The lowest BCUT2D eigenvalue weighted by Crippen LogP contribution is -2.33. The highest BCUT2D eigenvalue weighted by Gasteiger charge is 2.06. The number of primary amides is 2. The van der Waals surface area contributed by atoms with Crippen LogP contribution < -0.4 is 26.3 Å². The zero-order valence-electron chi connectivity index (χ0n) is 19.2. The Morgan fingerprint density at radius 1 is 1.12 bits per heavy atom. The number of amides is 2. The molecule has 0 saturated carbocycles. The monoisotopic (exact) mass is 480 g/mol. The van der Waals surface area contributed by atoms with Crippen LogP contribution in [-0.2, 0) is 4.79 Å². The van der Waals surface area contributed by atoms with Crippen LogP contribution in [0.15, 0.2) is 35.8 Å². The summed E-state index contributed by atoms with van der Waals surface area (Å²) in [6.07, 6.45) is 7.47. The van der Waals surface area contributed by atoms with E-state index in [9.17, 15) is 14.7 Å². The molecule has 0 fully saturated rings. The zero-order chi connectivity index (χ0) is 24.3. The van der Waals surface area contributed by atoms with Crippen molar-refractivity contribution in [3.63, 3.8) is 0 Å². The Labute approximate surface area is 199 Å². The summed E-state index contributed by atoms with van der Waals surface area (Å²) >= 11 is 1.38. The number of benzene rings is 1. The van der Waals surface area contributed by atoms with Crippen molar-refractivity contribution in [3.8, 4) is 10.9 Å². The number of nitrogens with one attached hydrogen (secondary N) is 1. The van der Waals surface area contributed by atoms with E-state index in [1.807, 2.05) is 5.38 Å². The third-order valence-electron chi connectivity index (χ3n) is 4.40. The second-order valence-corrected chi connectivity index (χ2v) is 8.19. The second kappa shape index (κ2) is 17.8. The van der Waals surface area contributed by atoms with E-state index in [4.69, 9.17) is 20.9 Å². The fourth-order valence-electron chi connectivity index (χ4n) is 2.64. The molecule has 1 heterocycles. The van der Waals surface area contributed by atoms with Crippen molar-refractivity contribution >= 4 is 23.2 Å². The molecule has 1 atom stereocenters. The third-order valence-corrected chi connectivity index (χ3v) is 5.08. The van der Waals surface area contributed by atoms with Gasteiger partial charge in [0.25, 0.3) is 5.19 Å². The molecule has 1 aromatic carbocycles. The number of hydrogen-bond donors (Lipinski definition) is 4. The smallest absolute Gasteiger partial charge is 0.273 e. The molecule has 0 aliphatic heterocycles. The van der Waals surface area contributed by atoms with Crippen molar-refractivity contribution in [2.45, 2.75) is 51.6 Å². The topological polar surface area (TPSA) is 150 Å². The standard InChI is InChI=1S/C15H19N3O4S.C8H17NO/c16-14(20)11-1-3-13(4-2-11)21-7-5-17-9-12(19)10-22-15-18-6-8-23-15;1-2-3-4-5-6-7-8(9)10/h1-4,6,8,12,17,19H,5,7,9-10H2,(H2,16,20);2-7H2,1H3,(H2,9,10). The molecule has 0 bridgehead atoms. The molecule has 10 heteroatoms. The maximum Gasteiger partial charge on any atom is 0.273 e. The summed E-state index contributed by atoms with van der Waals surface area (Å²) in [7, 11) is 0. The average Bonchev–Trinajstić information content (AvgIpc) is 3.32. The van der Waals surface area contributed by atoms with E-state index in [1.165, 1.54) is 30.6 Å². The quantitative estimate of drug-likeness (QED) is 0.270. The van der Waals surface area contributed by atoms with E-state index < -0.39 is 12.0 Å². The van der Waals surface area contributed by atoms with Crippen LogP contribution in [0.1, 0.15) is 55.8 Å². The lowest BCUT2D eigenvalue weighted by Gasteiger charge is -2.12. The molecule has 6 N–H and O–H groups in total. The van der Waals surface area contributed by atoms with Crippen molar-refractivity contribution < 1.29 is 24.2 Å². The predicted octanol–water partition coefficient (Wildman–Crippen LogP) is 2.48. The van der Waals surface area contributed by atoms with Gasteiger partial charge in [0.2, 0.25) is 11.8 Å². The first-order valence-corrected chi connectivity index (χ1v) is 12.0. The van der Waals surface area contributed by atoms with Crippen LogP contribution in [0.25, 0.3) is 0 Å². The molecule has 0 aliphatic rings. The SMILES string of the molecule is CCCCCCCC(N)=O.NC(=O)c1ccc(OCCNCC(O)COc2nccs2)cc1. The number of ether oxygens (including phenoxy) is 2. The van der Waals surface area contributed by atoms with Gasteiger partial charge in [0.05, 0.1) is 0 Å².